The number of nitrogens with zero attached hydrogens (tertiary/aromatic N) is 3. The number of benzene rings is 3. The van der Waals surface area contributed by atoms with Gasteiger partial charge in [0.25, 0.3) is 0 Å². The SMILES string of the molecule is Cc1ccc(C)c(NC(=O)[C@@H]2CCCN(Cc3nc4ccccc4n3-c3ccc(F)cc3)C2)c1. The number of hydrogen-bond acceptors (Lipinski definition) is 3. The molecule has 1 aromatic heterocycles. The van der Waals surface area contributed by atoms with Crippen molar-refractivity contribution < 1.29 is 9.18 Å². The zero-order valence-corrected chi connectivity index (χ0v) is 19.6. The summed E-state index contributed by atoms with van der Waals surface area (Å²) in [5, 5.41) is 3.15. The Hall–Kier alpha value is -3.51. The van der Waals surface area contributed by atoms with Crippen molar-refractivity contribution in [1.82, 2.24) is 14.5 Å². The Kier molecular flexibility index (Phi) is 6.16. The lowest BCUT2D eigenvalue weighted by Crippen LogP contribution is -2.40. The van der Waals surface area contributed by atoms with Crippen LogP contribution in [-0.4, -0.2) is 33.4 Å². The van der Waals surface area contributed by atoms with Crippen LogP contribution in [0.25, 0.3) is 16.7 Å². The smallest absolute Gasteiger partial charge is 0.228 e. The van der Waals surface area contributed by atoms with Gasteiger partial charge in [0.1, 0.15) is 11.6 Å². The van der Waals surface area contributed by atoms with E-state index in [-0.39, 0.29) is 17.6 Å². The number of nitrogens with one attached hydrogen (secondary N) is 1. The van der Waals surface area contributed by atoms with Gasteiger partial charge in [-0.15, -0.1) is 0 Å². The fraction of sp³-hybridized carbons (Fsp3) is 0.286. The van der Waals surface area contributed by atoms with E-state index in [1.54, 1.807) is 12.1 Å². The van der Waals surface area contributed by atoms with Gasteiger partial charge in [-0.25, -0.2) is 9.37 Å². The molecule has 5 nitrogen and oxygen atoms in total. The van der Waals surface area contributed by atoms with Crippen LogP contribution in [0, 0.1) is 25.6 Å². The normalized spacial score (nSPS) is 16.6. The van der Waals surface area contributed by atoms with Gasteiger partial charge in [0.2, 0.25) is 5.91 Å². The molecule has 6 heteroatoms. The van der Waals surface area contributed by atoms with Crippen molar-refractivity contribution in [2.24, 2.45) is 5.92 Å². The summed E-state index contributed by atoms with van der Waals surface area (Å²) in [5.41, 5.74) is 5.87. The van der Waals surface area contributed by atoms with Crippen LogP contribution in [0.3, 0.4) is 0 Å². The first-order valence-electron chi connectivity index (χ1n) is 11.8. The number of amides is 1. The van der Waals surface area contributed by atoms with E-state index in [1.165, 1.54) is 12.1 Å². The largest absolute Gasteiger partial charge is 0.326 e. The quantitative estimate of drug-likeness (QED) is 0.423. The molecule has 1 N–H and O–H groups in total. The predicted octanol–water partition coefficient (Wildman–Crippen LogP) is 5.63. The van der Waals surface area contributed by atoms with Crippen molar-refractivity contribution in [2.45, 2.75) is 33.2 Å². The number of hydrogen-bond donors (Lipinski definition) is 1. The second-order valence-electron chi connectivity index (χ2n) is 9.21. The number of aryl methyl sites for hydroxylation is 2. The lowest BCUT2D eigenvalue weighted by Gasteiger charge is -2.32. The first-order valence-corrected chi connectivity index (χ1v) is 11.8. The number of rotatable bonds is 5. The van der Waals surface area contributed by atoms with Gasteiger partial charge in [-0.3, -0.25) is 14.3 Å². The molecule has 0 radical (unpaired) electrons. The van der Waals surface area contributed by atoms with E-state index in [2.05, 4.69) is 20.9 Å². The highest BCUT2D eigenvalue weighted by Crippen LogP contribution is 2.26. The maximum absolute atomic E-state index is 13.6. The van der Waals surface area contributed by atoms with Crippen LogP contribution in [0.4, 0.5) is 10.1 Å². The topological polar surface area (TPSA) is 50.2 Å². The summed E-state index contributed by atoms with van der Waals surface area (Å²) >= 11 is 0. The molecule has 1 amide bonds. The monoisotopic (exact) mass is 456 g/mol. The molecule has 4 aromatic rings. The zero-order chi connectivity index (χ0) is 23.7. The Morgan fingerprint density at radius 3 is 2.71 bits per heavy atom. The molecular weight excluding hydrogens is 427 g/mol. The van der Waals surface area contributed by atoms with Crippen LogP contribution in [0.1, 0.15) is 29.8 Å². The molecule has 2 heterocycles. The number of para-hydroxylation sites is 2. The van der Waals surface area contributed by atoms with Gasteiger partial charge in [-0.1, -0.05) is 24.3 Å². The highest BCUT2D eigenvalue weighted by atomic mass is 19.1. The summed E-state index contributed by atoms with van der Waals surface area (Å²) < 4.78 is 15.7. The van der Waals surface area contributed by atoms with E-state index < -0.39 is 0 Å². The molecule has 1 aliphatic rings. The molecule has 1 fully saturated rings. The van der Waals surface area contributed by atoms with Gasteiger partial charge in [0, 0.05) is 17.9 Å². The van der Waals surface area contributed by atoms with Crippen LogP contribution >= 0.6 is 0 Å². The van der Waals surface area contributed by atoms with Crippen molar-refractivity contribution >= 4 is 22.6 Å². The molecule has 34 heavy (non-hydrogen) atoms. The fourth-order valence-electron chi connectivity index (χ4n) is 4.78. The van der Waals surface area contributed by atoms with Crippen molar-refractivity contribution in [2.75, 3.05) is 18.4 Å². The minimum absolute atomic E-state index is 0.0719. The summed E-state index contributed by atoms with van der Waals surface area (Å²) in [7, 11) is 0. The lowest BCUT2D eigenvalue weighted by atomic mass is 9.96. The Balaban J connectivity index is 1.37. The Morgan fingerprint density at radius 2 is 1.88 bits per heavy atom. The first kappa shape index (κ1) is 22.3. The predicted molar refractivity (Wildman–Crippen MR) is 134 cm³/mol. The molecule has 1 atom stereocenters. The van der Waals surface area contributed by atoms with Gasteiger partial charge in [0.05, 0.1) is 23.5 Å². The third-order valence-corrected chi connectivity index (χ3v) is 6.61. The van der Waals surface area contributed by atoms with Crippen LogP contribution in [0.2, 0.25) is 0 Å². The molecule has 0 aliphatic carbocycles. The number of carbonyl (C=O) groups excluding carboxylic acids is 1. The molecule has 5 rings (SSSR count). The summed E-state index contributed by atoms with van der Waals surface area (Å²) in [6.45, 7) is 6.27. The van der Waals surface area contributed by atoms with Gasteiger partial charge in [-0.2, -0.15) is 0 Å². The number of fused-ring (bicyclic) bond motifs is 1. The number of carbonyl (C=O) groups is 1. The van der Waals surface area contributed by atoms with Crippen LogP contribution < -0.4 is 5.32 Å². The second-order valence-corrected chi connectivity index (χ2v) is 9.21. The first-order chi connectivity index (χ1) is 16.5. The lowest BCUT2D eigenvalue weighted by molar-refractivity contribution is -0.121. The number of imidazole rings is 1. The maximum atomic E-state index is 13.6. The summed E-state index contributed by atoms with van der Waals surface area (Å²) in [5.74, 6) is 0.634. The Labute approximate surface area is 199 Å². The van der Waals surface area contributed by atoms with Gasteiger partial charge in [0.15, 0.2) is 0 Å². The number of anilines is 1. The Morgan fingerprint density at radius 1 is 1.09 bits per heavy atom. The summed E-state index contributed by atoms with van der Waals surface area (Å²) in [6.07, 6.45) is 1.84. The van der Waals surface area contributed by atoms with Crippen LogP contribution in [0.15, 0.2) is 66.7 Å². The second kappa shape index (κ2) is 9.39. The van der Waals surface area contributed by atoms with Crippen molar-refractivity contribution in [3.63, 3.8) is 0 Å². The number of piperidine rings is 1. The fourth-order valence-corrected chi connectivity index (χ4v) is 4.78. The van der Waals surface area contributed by atoms with Gasteiger partial charge < -0.3 is 5.32 Å². The minimum atomic E-state index is -0.261. The highest BCUT2D eigenvalue weighted by molar-refractivity contribution is 5.93. The highest BCUT2D eigenvalue weighted by Gasteiger charge is 2.27. The third-order valence-electron chi connectivity index (χ3n) is 6.61. The summed E-state index contributed by atoms with van der Waals surface area (Å²) in [6, 6.07) is 20.6. The van der Waals surface area contributed by atoms with Gasteiger partial charge in [-0.05, 0) is 86.8 Å². The van der Waals surface area contributed by atoms with E-state index in [0.717, 1.165) is 58.7 Å². The number of likely N-dealkylation sites (tertiary alicyclic amines) is 1. The van der Waals surface area contributed by atoms with Crippen molar-refractivity contribution in [3.8, 4) is 5.69 Å². The van der Waals surface area contributed by atoms with Crippen molar-refractivity contribution in [1.29, 1.82) is 0 Å². The van der Waals surface area contributed by atoms with E-state index in [4.69, 9.17) is 4.98 Å². The molecule has 1 aliphatic heterocycles. The van der Waals surface area contributed by atoms with Crippen LogP contribution in [0.5, 0.6) is 0 Å². The molecule has 174 valence electrons. The molecule has 3 aromatic carbocycles. The maximum Gasteiger partial charge on any atom is 0.228 e. The molecule has 0 bridgehead atoms. The van der Waals surface area contributed by atoms with E-state index >= 15 is 0 Å². The standard InChI is InChI=1S/C28H29FN4O/c1-19-9-10-20(2)25(16-19)31-28(34)21-6-5-15-32(17-21)18-27-30-24-7-3-4-8-26(24)33(27)23-13-11-22(29)12-14-23/h3-4,7-14,16,21H,5-6,15,17-18H2,1-2H3,(H,31,34)/t21-/m1/s1. The number of halogens is 1. The van der Waals surface area contributed by atoms with E-state index in [9.17, 15) is 9.18 Å². The van der Waals surface area contributed by atoms with E-state index in [1.807, 2.05) is 50.2 Å². The summed E-state index contributed by atoms with van der Waals surface area (Å²) in [4.78, 5) is 20.3. The van der Waals surface area contributed by atoms with Crippen molar-refractivity contribution in [3.05, 3.63) is 89.5 Å². The zero-order valence-electron chi connectivity index (χ0n) is 19.6. The minimum Gasteiger partial charge on any atom is -0.326 e. The molecule has 1 saturated heterocycles. The van der Waals surface area contributed by atoms with E-state index in [0.29, 0.717) is 13.1 Å². The Bertz CT molecular complexity index is 1330. The number of aromatic nitrogens is 2. The molecule has 0 spiro atoms. The molecule has 0 unspecified atom stereocenters. The average Bonchev–Trinajstić information content (AvgIpc) is 3.20. The van der Waals surface area contributed by atoms with Crippen LogP contribution in [-0.2, 0) is 11.3 Å². The molecule has 0 saturated carbocycles. The molecular formula is C28H29FN4O. The average molecular weight is 457 g/mol. The van der Waals surface area contributed by atoms with Gasteiger partial charge >= 0.3 is 0 Å². The third kappa shape index (κ3) is 4.59.